The van der Waals surface area contributed by atoms with Gasteiger partial charge in [-0.05, 0) is 64.4 Å². The van der Waals surface area contributed by atoms with Gasteiger partial charge in [0.2, 0.25) is 0 Å². The van der Waals surface area contributed by atoms with E-state index in [1.807, 2.05) is 24.5 Å². The Morgan fingerprint density at radius 3 is 1.63 bits per heavy atom. The number of benzene rings is 6. The number of rotatable bonds is 4. The van der Waals surface area contributed by atoms with Crippen LogP contribution in [0.4, 0.5) is 0 Å². The summed E-state index contributed by atoms with van der Waals surface area (Å²) >= 11 is 0. The van der Waals surface area contributed by atoms with Crippen molar-refractivity contribution in [1.82, 2.24) is 24.9 Å². The molecule has 0 aliphatic heterocycles. The summed E-state index contributed by atoms with van der Waals surface area (Å²) in [4.78, 5) is 24.8. The summed E-state index contributed by atoms with van der Waals surface area (Å²) < 4.78 is 0. The Kier molecular flexibility index (Phi) is 6.79. The van der Waals surface area contributed by atoms with Gasteiger partial charge < -0.3 is 0 Å². The van der Waals surface area contributed by atoms with Crippen LogP contribution < -0.4 is 0 Å². The summed E-state index contributed by atoms with van der Waals surface area (Å²) in [6.45, 7) is 0. The van der Waals surface area contributed by atoms with Crippen LogP contribution in [0.25, 0.3) is 110 Å². The third-order valence-corrected chi connectivity index (χ3v) is 10.5. The van der Waals surface area contributed by atoms with Crippen molar-refractivity contribution in [3.8, 4) is 44.9 Å². The molecule has 11 rings (SSSR count). The second-order valence-electron chi connectivity index (χ2n) is 13.7. The Hall–Kier alpha value is -7.37. The van der Waals surface area contributed by atoms with Crippen LogP contribution in [0.2, 0.25) is 0 Å². The van der Waals surface area contributed by atoms with Gasteiger partial charge in [-0.3, -0.25) is 9.97 Å². The fraction of sp³-hybridized carbons (Fsp3) is 0. The van der Waals surface area contributed by atoms with E-state index in [1.54, 1.807) is 0 Å². The Morgan fingerprint density at radius 2 is 0.833 bits per heavy atom. The van der Waals surface area contributed by atoms with Crippen molar-refractivity contribution in [3.63, 3.8) is 0 Å². The first-order valence-corrected chi connectivity index (χ1v) is 18.1. The number of nitrogens with zero attached hydrogens (tertiary/aromatic N) is 5. The van der Waals surface area contributed by atoms with Crippen LogP contribution >= 0.6 is 0 Å². The Balaban J connectivity index is 0.985. The molecule has 0 saturated heterocycles. The molecule has 0 fully saturated rings. The first-order chi connectivity index (χ1) is 26.7. The number of hydrogen-bond acceptors (Lipinski definition) is 5. The van der Waals surface area contributed by atoms with Gasteiger partial charge in [0, 0.05) is 56.0 Å². The van der Waals surface area contributed by atoms with Crippen LogP contribution in [0.3, 0.4) is 0 Å². The van der Waals surface area contributed by atoms with Gasteiger partial charge in [-0.1, -0.05) is 121 Å². The SMILES string of the molecule is c1cnc2c(-c3ccc4ccc(-c5ccc6ccc(-c7ccc(-c8ccc9ccc%10cccnc%10c9n8)c8ccccc78)cc6n5)cc4n3)cccc2c1. The molecule has 0 spiro atoms. The fourth-order valence-electron chi connectivity index (χ4n) is 7.83. The minimum absolute atomic E-state index is 0.903. The van der Waals surface area contributed by atoms with Gasteiger partial charge in [-0.2, -0.15) is 0 Å². The lowest BCUT2D eigenvalue weighted by Gasteiger charge is -2.13. The highest BCUT2D eigenvalue weighted by Gasteiger charge is 2.14. The first-order valence-electron chi connectivity index (χ1n) is 18.1. The molecule has 5 nitrogen and oxygen atoms in total. The molecule has 0 N–H and O–H groups in total. The molecule has 0 amide bonds. The van der Waals surface area contributed by atoms with E-state index in [1.165, 1.54) is 5.39 Å². The molecule has 0 atom stereocenters. The molecule has 6 aromatic carbocycles. The lowest BCUT2D eigenvalue weighted by atomic mass is 9.93. The first kappa shape index (κ1) is 30.3. The molecule has 0 aliphatic rings. The van der Waals surface area contributed by atoms with Crippen molar-refractivity contribution in [1.29, 1.82) is 0 Å². The van der Waals surface area contributed by atoms with E-state index in [4.69, 9.17) is 15.0 Å². The van der Waals surface area contributed by atoms with E-state index in [-0.39, 0.29) is 0 Å². The summed E-state index contributed by atoms with van der Waals surface area (Å²) in [5.41, 5.74) is 12.8. The van der Waals surface area contributed by atoms with Gasteiger partial charge in [0.25, 0.3) is 0 Å². The van der Waals surface area contributed by atoms with Crippen LogP contribution in [-0.2, 0) is 0 Å². The second kappa shape index (κ2) is 12.1. The third-order valence-electron chi connectivity index (χ3n) is 10.5. The maximum atomic E-state index is 5.21. The zero-order valence-electron chi connectivity index (χ0n) is 29.0. The number of aromatic nitrogens is 5. The molecule has 0 unspecified atom stereocenters. The number of pyridine rings is 5. The van der Waals surface area contributed by atoms with Gasteiger partial charge >= 0.3 is 0 Å². The zero-order chi connectivity index (χ0) is 35.6. The van der Waals surface area contributed by atoms with Gasteiger partial charge in [-0.15, -0.1) is 0 Å². The monoisotopic (exact) mass is 687 g/mol. The Morgan fingerprint density at radius 1 is 0.296 bits per heavy atom. The van der Waals surface area contributed by atoms with E-state index >= 15 is 0 Å². The van der Waals surface area contributed by atoms with Crippen molar-refractivity contribution in [2.24, 2.45) is 0 Å². The lowest BCUT2D eigenvalue weighted by molar-refractivity contribution is 1.36. The quantitative estimate of drug-likeness (QED) is 0.172. The van der Waals surface area contributed by atoms with Gasteiger partial charge in [0.05, 0.1) is 44.7 Å². The Bertz CT molecular complexity index is 3290. The fourth-order valence-corrected chi connectivity index (χ4v) is 7.83. The number of para-hydroxylation sites is 1. The summed E-state index contributed by atoms with van der Waals surface area (Å²) in [7, 11) is 0. The molecule has 0 bridgehead atoms. The molecule has 0 aliphatic carbocycles. The summed E-state index contributed by atoms with van der Waals surface area (Å²) in [6.07, 6.45) is 3.67. The lowest BCUT2D eigenvalue weighted by Crippen LogP contribution is -1.92. The van der Waals surface area contributed by atoms with Crippen LogP contribution in [0.1, 0.15) is 0 Å². The smallest absolute Gasteiger partial charge is 0.0972 e. The van der Waals surface area contributed by atoms with E-state index in [0.717, 1.165) is 105 Å². The summed E-state index contributed by atoms with van der Waals surface area (Å²) in [5.74, 6) is 0. The van der Waals surface area contributed by atoms with Crippen molar-refractivity contribution >= 4 is 65.3 Å². The molecule has 0 saturated carbocycles. The molecule has 250 valence electrons. The van der Waals surface area contributed by atoms with Gasteiger partial charge in [0.1, 0.15) is 0 Å². The van der Waals surface area contributed by atoms with E-state index in [2.05, 4.69) is 162 Å². The molecule has 5 heteroatoms. The largest absolute Gasteiger partial charge is 0.256 e. The van der Waals surface area contributed by atoms with Gasteiger partial charge in [0.15, 0.2) is 0 Å². The van der Waals surface area contributed by atoms with E-state index < -0.39 is 0 Å². The maximum Gasteiger partial charge on any atom is 0.0972 e. The van der Waals surface area contributed by atoms with Gasteiger partial charge in [-0.25, -0.2) is 15.0 Å². The highest BCUT2D eigenvalue weighted by Crippen LogP contribution is 2.37. The third kappa shape index (κ3) is 4.98. The normalized spacial score (nSPS) is 11.7. The average Bonchev–Trinajstić information content (AvgIpc) is 3.24. The maximum absolute atomic E-state index is 5.21. The summed E-state index contributed by atoms with van der Waals surface area (Å²) in [5, 5.41) is 7.76. The van der Waals surface area contributed by atoms with E-state index in [9.17, 15) is 0 Å². The summed E-state index contributed by atoms with van der Waals surface area (Å²) in [6, 6.07) is 57.3. The highest BCUT2D eigenvalue weighted by atomic mass is 14.8. The van der Waals surface area contributed by atoms with Crippen molar-refractivity contribution in [2.75, 3.05) is 0 Å². The minimum Gasteiger partial charge on any atom is -0.256 e. The molecular formula is C49H29N5. The number of fused-ring (bicyclic) bond motifs is 7. The van der Waals surface area contributed by atoms with Crippen LogP contribution in [0.5, 0.6) is 0 Å². The standard InChI is InChI=1S/C49H29N5/c1-2-10-39-38(9-1)37(21-22-40(39)43-25-20-34-15-14-33-8-5-27-51-48(33)49(34)54-43)35-16-12-30-18-23-42(52-45(30)28-35)36-17-13-31-19-24-44(53-46(31)29-36)41-11-3-6-32-7-4-26-50-47(32)41/h1-29H. The van der Waals surface area contributed by atoms with Crippen LogP contribution in [-0.4, -0.2) is 24.9 Å². The average molecular weight is 688 g/mol. The van der Waals surface area contributed by atoms with Crippen molar-refractivity contribution in [3.05, 3.63) is 176 Å². The molecular weight excluding hydrogens is 659 g/mol. The highest BCUT2D eigenvalue weighted by molar-refractivity contribution is 6.07. The molecule has 0 radical (unpaired) electrons. The minimum atomic E-state index is 0.903. The van der Waals surface area contributed by atoms with Crippen molar-refractivity contribution in [2.45, 2.75) is 0 Å². The predicted molar refractivity (Wildman–Crippen MR) is 222 cm³/mol. The topological polar surface area (TPSA) is 64.5 Å². The second-order valence-corrected chi connectivity index (χ2v) is 13.7. The molecule has 5 heterocycles. The van der Waals surface area contributed by atoms with Crippen LogP contribution in [0, 0.1) is 0 Å². The molecule has 5 aromatic heterocycles. The molecule has 54 heavy (non-hydrogen) atoms. The predicted octanol–water partition coefficient (Wildman–Crippen LogP) is 12.2. The zero-order valence-corrected chi connectivity index (χ0v) is 29.0. The van der Waals surface area contributed by atoms with Crippen LogP contribution in [0.15, 0.2) is 176 Å². The Labute approximate surface area is 310 Å². The van der Waals surface area contributed by atoms with Crippen molar-refractivity contribution < 1.29 is 0 Å². The number of hydrogen-bond donors (Lipinski definition) is 0. The van der Waals surface area contributed by atoms with E-state index in [0.29, 0.717) is 0 Å². The molecule has 11 aromatic rings.